The first kappa shape index (κ1) is 16.0. The molecule has 0 radical (unpaired) electrons. The number of piperidine rings is 1. The molecule has 1 fully saturated rings. The van der Waals surface area contributed by atoms with E-state index in [1.807, 2.05) is 13.8 Å². The van der Waals surface area contributed by atoms with Crippen LogP contribution >= 0.6 is 0 Å². The normalized spacial score (nSPS) is 25.1. The summed E-state index contributed by atoms with van der Waals surface area (Å²) in [5.74, 6) is -0.765. The molecule has 0 saturated carbocycles. The van der Waals surface area contributed by atoms with Crippen LogP contribution in [0.4, 0.5) is 0 Å². The maximum Gasteiger partial charge on any atom is 0.311 e. The number of rotatable bonds is 6. The third-order valence-electron chi connectivity index (χ3n) is 4.28. The molecular weight excluding hydrogens is 244 g/mol. The first-order valence-corrected chi connectivity index (χ1v) is 7.19. The average Bonchev–Trinajstić information content (AvgIpc) is 2.43. The number of hydrogen-bond donors (Lipinski definition) is 2. The molecule has 1 heterocycles. The zero-order valence-electron chi connectivity index (χ0n) is 12.0. The quantitative estimate of drug-likeness (QED) is 0.765. The smallest absolute Gasteiger partial charge is 0.311 e. The molecule has 0 aromatic rings. The second-order valence-corrected chi connectivity index (χ2v) is 5.63. The molecule has 1 aliphatic heterocycles. The molecule has 0 aromatic heterocycles. The zero-order valence-corrected chi connectivity index (χ0v) is 12.0. The van der Waals surface area contributed by atoms with Crippen LogP contribution in [0.5, 0.6) is 0 Å². The van der Waals surface area contributed by atoms with Crippen molar-refractivity contribution in [2.45, 2.75) is 46.0 Å². The summed E-state index contributed by atoms with van der Waals surface area (Å²) in [6, 6.07) is 0. The van der Waals surface area contributed by atoms with Gasteiger partial charge in [-0.05, 0) is 38.6 Å². The highest BCUT2D eigenvalue weighted by Crippen LogP contribution is 2.34. The van der Waals surface area contributed by atoms with Crippen molar-refractivity contribution in [1.29, 1.82) is 0 Å². The van der Waals surface area contributed by atoms with Gasteiger partial charge in [0, 0.05) is 19.0 Å². The van der Waals surface area contributed by atoms with E-state index in [1.54, 1.807) is 4.90 Å². The Morgan fingerprint density at radius 1 is 1.47 bits per heavy atom. The molecule has 110 valence electrons. The Bertz CT molecular complexity index is 333. The molecule has 0 aliphatic carbocycles. The fraction of sp³-hybridized carbons (Fsp3) is 0.857. The van der Waals surface area contributed by atoms with Crippen molar-refractivity contribution in [2.24, 2.45) is 17.1 Å². The zero-order chi connectivity index (χ0) is 14.5. The third kappa shape index (κ3) is 3.69. The first-order chi connectivity index (χ1) is 8.96. The molecule has 1 rings (SSSR count). The minimum absolute atomic E-state index is 0.0648. The van der Waals surface area contributed by atoms with Crippen molar-refractivity contribution >= 4 is 11.9 Å². The Morgan fingerprint density at radius 2 is 2.16 bits per heavy atom. The molecule has 5 heteroatoms. The highest BCUT2D eigenvalue weighted by molar-refractivity contribution is 5.81. The van der Waals surface area contributed by atoms with E-state index < -0.39 is 11.4 Å². The van der Waals surface area contributed by atoms with Crippen molar-refractivity contribution in [1.82, 2.24) is 4.90 Å². The number of carbonyl (C=O) groups is 2. The van der Waals surface area contributed by atoms with Gasteiger partial charge >= 0.3 is 5.97 Å². The van der Waals surface area contributed by atoms with E-state index in [-0.39, 0.29) is 11.8 Å². The lowest BCUT2D eigenvalue weighted by molar-refractivity contribution is -0.156. The van der Waals surface area contributed by atoms with E-state index in [1.165, 1.54) is 0 Å². The van der Waals surface area contributed by atoms with Crippen molar-refractivity contribution in [3.63, 3.8) is 0 Å². The molecular formula is C14H26N2O3. The lowest BCUT2D eigenvalue weighted by Crippen LogP contribution is -2.50. The van der Waals surface area contributed by atoms with E-state index in [4.69, 9.17) is 5.73 Å². The fourth-order valence-electron chi connectivity index (χ4n) is 2.79. The maximum atomic E-state index is 12.3. The van der Waals surface area contributed by atoms with Gasteiger partial charge in [-0.2, -0.15) is 0 Å². The molecule has 0 aromatic carbocycles. The maximum absolute atomic E-state index is 12.3. The van der Waals surface area contributed by atoms with Gasteiger partial charge in [-0.1, -0.05) is 13.8 Å². The van der Waals surface area contributed by atoms with Gasteiger partial charge in [-0.15, -0.1) is 0 Å². The summed E-state index contributed by atoms with van der Waals surface area (Å²) in [7, 11) is 0. The molecule has 1 aliphatic rings. The van der Waals surface area contributed by atoms with Crippen molar-refractivity contribution in [2.75, 3.05) is 19.6 Å². The summed E-state index contributed by atoms with van der Waals surface area (Å²) in [5, 5.41) is 9.41. The predicted molar refractivity (Wildman–Crippen MR) is 73.6 cm³/mol. The number of carboxylic acids is 1. The molecule has 2 unspecified atom stereocenters. The molecule has 19 heavy (non-hydrogen) atoms. The number of carbonyl (C=O) groups excluding carboxylic acids is 1. The Morgan fingerprint density at radius 3 is 2.68 bits per heavy atom. The van der Waals surface area contributed by atoms with E-state index in [2.05, 4.69) is 0 Å². The lowest BCUT2D eigenvalue weighted by Gasteiger charge is -2.40. The minimum atomic E-state index is -0.776. The van der Waals surface area contributed by atoms with Gasteiger partial charge < -0.3 is 15.7 Å². The fourth-order valence-corrected chi connectivity index (χ4v) is 2.79. The summed E-state index contributed by atoms with van der Waals surface area (Å²) in [5.41, 5.74) is 4.71. The van der Waals surface area contributed by atoms with Crippen LogP contribution in [0, 0.1) is 11.3 Å². The van der Waals surface area contributed by atoms with Crippen LogP contribution in [0.15, 0.2) is 0 Å². The molecule has 2 atom stereocenters. The summed E-state index contributed by atoms with van der Waals surface area (Å²) < 4.78 is 0. The van der Waals surface area contributed by atoms with E-state index in [0.717, 1.165) is 19.3 Å². The largest absolute Gasteiger partial charge is 0.481 e. The molecule has 5 nitrogen and oxygen atoms in total. The Kier molecular flexibility index (Phi) is 5.79. The van der Waals surface area contributed by atoms with Crippen molar-refractivity contribution in [3.8, 4) is 0 Å². The number of hydrogen-bond acceptors (Lipinski definition) is 3. The summed E-state index contributed by atoms with van der Waals surface area (Å²) in [6.07, 6.45) is 3.62. The van der Waals surface area contributed by atoms with Gasteiger partial charge in [0.2, 0.25) is 5.91 Å². The standard InChI is InChI=1S/C14H26N2O3/c1-3-14(13(18)19)7-5-9-16(10-14)12(17)11(2)6-4-8-15/h11H,3-10,15H2,1-2H3,(H,18,19). The monoisotopic (exact) mass is 270 g/mol. The second kappa shape index (κ2) is 6.89. The number of nitrogens with two attached hydrogens (primary N) is 1. The highest BCUT2D eigenvalue weighted by Gasteiger charge is 2.42. The van der Waals surface area contributed by atoms with E-state index in [0.29, 0.717) is 32.5 Å². The van der Waals surface area contributed by atoms with Crippen LogP contribution in [-0.2, 0) is 9.59 Å². The summed E-state index contributed by atoms with van der Waals surface area (Å²) in [4.78, 5) is 25.5. The Balaban J connectivity index is 2.68. The predicted octanol–water partition coefficient (Wildman–Crippen LogP) is 1.46. The van der Waals surface area contributed by atoms with Gasteiger partial charge in [0.15, 0.2) is 0 Å². The molecule has 1 amide bonds. The number of amides is 1. The van der Waals surface area contributed by atoms with Crippen LogP contribution in [0.1, 0.15) is 46.0 Å². The Labute approximate surface area is 115 Å². The van der Waals surface area contributed by atoms with Gasteiger partial charge in [0.05, 0.1) is 5.41 Å². The highest BCUT2D eigenvalue weighted by atomic mass is 16.4. The van der Waals surface area contributed by atoms with E-state index in [9.17, 15) is 14.7 Å². The molecule has 0 bridgehead atoms. The topological polar surface area (TPSA) is 83.6 Å². The summed E-state index contributed by atoms with van der Waals surface area (Å²) >= 11 is 0. The number of carboxylic acid groups (broad SMARTS) is 1. The number of likely N-dealkylation sites (tertiary alicyclic amines) is 1. The second-order valence-electron chi connectivity index (χ2n) is 5.63. The van der Waals surface area contributed by atoms with Crippen LogP contribution < -0.4 is 5.73 Å². The van der Waals surface area contributed by atoms with Crippen LogP contribution in [0.3, 0.4) is 0 Å². The van der Waals surface area contributed by atoms with Crippen LogP contribution in [0.25, 0.3) is 0 Å². The van der Waals surface area contributed by atoms with Gasteiger partial charge in [0.1, 0.15) is 0 Å². The van der Waals surface area contributed by atoms with Gasteiger partial charge in [-0.3, -0.25) is 9.59 Å². The van der Waals surface area contributed by atoms with Crippen molar-refractivity contribution in [3.05, 3.63) is 0 Å². The molecule has 3 N–H and O–H groups in total. The summed E-state index contributed by atoms with van der Waals surface area (Å²) in [6.45, 7) is 5.41. The van der Waals surface area contributed by atoms with E-state index >= 15 is 0 Å². The molecule has 0 spiro atoms. The number of aliphatic carboxylic acids is 1. The van der Waals surface area contributed by atoms with Crippen molar-refractivity contribution < 1.29 is 14.7 Å². The molecule has 1 saturated heterocycles. The Hall–Kier alpha value is -1.10. The number of nitrogens with zero attached hydrogens (tertiary/aromatic N) is 1. The van der Waals surface area contributed by atoms with Crippen LogP contribution in [0.2, 0.25) is 0 Å². The average molecular weight is 270 g/mol. The third-order valence-corrected chi connectivity index (χ3v) is 4.28. The van der Waals surface area contributed by atoms with Gasteiger partial charge in [0.25, 0.3) is 0 Å². The first-order valence-electron chi connectivity index (χ1n) is 7.19. The SMILES string of the molecule is CCC1(C(=O)O)CCCN(C(=O)C(C)CCCN)C1. The van der Waals surface area contributed by atoms with Crippen LogP contribution in [-0.4, -0.2) is 41.5 Å². The minimum Gasteiger partial charge on any atom is -0.481 e. The lowest BCUT2D eigenvalue weighted by atomic mass is 9.77. The van der Waals surface area contributed by atoms with Gasteiger partial charge in [-0.25, -0.2) is 0 Å².